The summed E-state index contributed by atoms with van der Waals surface area (Å²) in [6.07, 6.45) is -2.41. The molecule has 172 valence electrons. The molecule has 3 aromatic rings. The van der Waals surface area contributed by atoms with Crippen LogP contribution in [0.25, 0.3) is 22.2 Å². The Morgan fingerprint density at radius 2 is 1.72 bits per heavy atom. The number of aromatic amines is 1. The van der Waals surface area contributed by atoms with E-state index >= 15 is 0 Å². The molecule has 10 heteroatoms. The van der Waals surface area contributed by atoms with Crippen LogP contribution in [0.5, 0.6) is 0 Å². The molecule has 2 aromatic carbocycles. The molecule has 32 heavy (non-hydrogen) atoms. The number of hydrogen-bond donors (Lipinski definition) is 3. The fourth-order valence-corrected chi connectivity index (χ4v) is 3.14. The van der Waals surface area contributed by atoms with Gasteiger partial charge in [-0.25, -0.2) is 13.2 Å². The number of benzene rings is 2. The van der Waals surface area contributed by atoms with E-state index in [1.807, 2.05) is 0 Å². The average Bonchev–Trinajstić information content (AvgIpc) is 3.09. The van der Waals surface area contributed by atoms with Gasteiger partial charge in [0.05, 0.1) is 12.1 Å². The zero-order chi connectivity index (χ0) is 23.5. The number of carbonyl (C=O) groups is 1. The molecule has 0 aliphatic heterocycles. The highest BCUT2D eigenvalue weighted by Gasteiger charge is 2.41. The molecule has 1 heterocycles. The number of amides is 1. The topological polar surface area (TPSA) is 65.1 Å². The van der Waals surface area contributed by atoms with Gasteiger partial charge in [0.1, 0.15) is 23.5 Å². The van der Waals surface area contributed by atoms with Crippen LogP contribution in [0, 0.1) is 23.4 Å². The normalized spacial score (nSPS) is 15.0. The van der Waals surface area contributed by atoms with Gasteiger partial charge in [0, 0.05) is 23.1 Å². The van der Waals surface area contributed by atoms with Crippen LogP contribution in [0.4, 0.5) is 26.3 Å². The van der Waals surface area contributed by atoms with E-state index in [1.165, 1.54) is 18.2 Å². The molecular weight excluding hydrogens is 438 g/mol. The van der Waals surface area contributed by atoms with Crippen LogP contribution in [0.15, 0.2) is 42.5 Å². The molecule has 4 rings (SSSR count). The second kappa shape index (κ2) is 9.64. The van der Waals surface area contributed by atoms with Crippen LogP contribution in [-0.4, -0.2) is 34.8 Å². The fraction of sp³-hybridized carbons (Fsp3) is 0.318. The standard InChI is InChI=1S/C14H8F3N.C8H12F3NO2/c15-10-3-1-8(2-4-10)13-6-9-5-11(16)7-12(17)14(9)18-13;9-8(10,11)6(4-13)12-7(14)5-2-1-3-5/h1-7,18H;5-6,13H,1-4H2,(H,12,14). The molecule has 1 aromatic heterocycles. The Bertz CT molecular complexity index is 1070. The predicted molar refractivity (Wildman–Crippen MR) is 106 cm³/mol. The average molecular weight is 458 g/mol. The summed E-state index contributed by atoms with van der Waals surface area (Å²) in [6.45, 7) is -1.11. The second-order valence-electron chi connectivity index (χ2n) is 7.45. The highest BCUT2D eigenvalue weighted by atomic mass is 19.4. The van der Waals surface area contributed by atoms with Crippen LogP contribution in [0.3, 0.4) is 0 Å². The fourth-order valence-electron chi connectivity index (χ4n) is 3.14. The largest absolute Gasteiger partial charge is 0.410 e. The van der Waals surface area contributed by atoms with E-state index in [0.29, 0.717) is 29.5 Å². The van der Waals surface area contributed by atoms with Gasteiger partial charge in [-0.3, -0.25) is 4.79 Å². The summed E-state index contributed by atoms with van der Waals surface area (Å²) in [4.78, 5) is 14.0. The molecule has 1 aliphatic carbocycles. The second-order valence-corrected chi connectivity index (χ2v) is 7.45. The van der Waals surface area contributed by atoms with Crippen molar-refractivity contribution in [1.29, 1.82) is 0 Å². The Labute approximate surface area is 179 Å². The number of aliphatic hydroxyl groups is 1. The highest BCUT2D eigenvalue weighted by molar-refractivity contribution is 5.86. The van der Waals surface area contributed by atoms with Gasteiger partial charge in [-0.2, -0.15) is 13.2 Å². The van der Waals surface area contributed by atoms with Gasteiger partial charge in [-0.05, 0) is 54.8 Å². The first-order valence-electron chi connectivity index (χ1n) is 9.80. The minimum absolute atomic E-state index is 0.246. The van der Waals surface area contributed by atoms with Gasteiger partial charge in [0.25, 0.3) is 0 Å². The molecule has 1 fully saturated rings. The van der Waals surface area contributed by atoms with E-state index < -0.39 is 36.4 Å². The van der Waals surface area contributed by atoms with Crippen LogP contribution in [-0.2, 0) is 4.79 Å². The zero-order valence-electron chi connectivity index (χ0n) is 16.6. The van der Waals surface area contributed by atoms with Crippen LogP contribution < -0.4 is 5.32 Å². The smallest absolute Gasteiger partial charge is 0.394 e. The molecule has 0 bridgehead atoms. The number of fused-ring (bicyclic) bond motifs is 1. The number of carbonyl (C=O) groups excluding carboxylic acids is 1. The third kappa shape index (κ3) is 5.61. The monoisotopic (exact) mass is 458 g/mol. The summed E-state index contributed by atoms with van der Waals surface area (Å²) in [7, 11) is 0. The Kier molecular flexibility index (Phi) is 7.12. The third-order valence-corrected chi connectivity index (χ3v) is 5.17. The van der Waals surface area contributed by atoms with E-state index in [0.717, 1.165) is 12.5 Å². The number of hydrogen-bond acceptors (Lipinski definition) is 2. The lowest BCUT2D eigenvalue weighted by Gasteiger charge is -2.27. The van der Waals surface area contributed by atoms with E-state index in [2.05, 4.69) is 4.98 Å². The molecule has 4 nitrogen and oxygen atoms in total. The Morgan fingerprint density at radius 1 is 1.06 bits per heavy atom. The zero-order valence-corrected chi connectivity index (χ0v) is 16.6. The molecule has 1 amide bonds. The molecular formula is C22H20F6N2O2. The lowest BCUT2D eigenvalue weighted by molar-refractivity contribution is -0.170. The van der Waals surface area contributed by atoms with Gasteiger partial charge >= 0.3 is 6.18 Å². The van der Waals surface area contributed by atoms with Crippen LogP contribution in [0.1, 0.15) is 19.3 Å². The summed E-state index contributed by atoms with van der Waals surface area (Å²) in [5.74, 6) is -2.51. The van der Waals surface area contributed by atoms with Crippen molar-refractivity contribution in [3.8, 4) is 11.3 Å². The molecule has 1 saturated carbocycles. The third-order valence-electron chi connectivity index (χ3n) is 5.17. The summed E-state index contributed by atoms with van der Waals surface area (Å²) in [6, 6.07) is 7.37. The van der Waals surface area contributed by atoms with E-state index in [4.69, 9.17) is 5.11 Å². The van der Waals surface area contributed by atoms with Crippen molar-refractivity contribution >= 4 is 16.8 Å². The predicted octanol–water partition coefficient (Wildman–Crippen LogP) is 5.08. The molecule has 0 radical (unpaired) electrons. The number of rotatable bonds is 4. The number of halogens is 6. The van der Waals surface area contributed by atoms with Crippen LogP contribution in [0.2, 0.25) is 0 Å². The maximum Gasteiger partial charge on any atom is 0.410 e. The van der Waals surface area contributed by atoms with Crippen LogP contribution >= 0.6 is 0 Å². The first-order valence-corrected chi connectivity index (χ1v) is 9.80. The summed E-state index contributed by atoms with van der Waals surface area (Å²) in [5, 5.41) is 10.7. The van der Waals surface area contributed by atoms with Crippen molar-refractivity contribution < 1.29 is 36.2 Å². The van der Waals surface area contributed by atoms with Crippen molar-refractivity contribution in [2.24, 2.45) is 5.92 Å². The van der Waals surface area contributed by atoms with E-state index in [1.54, 1.807) is 23.5 Å². The Morgan fingerprint density at radius 3 is 2.25 bits per heavy atom. The lowest BCUT2D eigenvalue weighted by atomic mass is 9.84. The first-order chi connectivity index (χ1) is 15.1. The van der Waals surface area contributed by atoms with Crippen molar-refractivity contribution in [3.63, 3.8) is 0 Å². The minimum Gasteiger partial charge on any atom is -0.394 e. The molecule has 3 N–H and O–H groups in total. The summed E-state index contributed by atoms with van der Waals surface area (Å²) in [5.41, 5.74) is 1.58. The molecule has 1 unspecified atom stereocenters. The number of aromatic nitrogens is 1. The van der Waals surface area contributed by atoms with Gasteiger partial charge in [-0.15, -0.1) is 0 Å². The van der Waals surface area contributed by atoms with Crippen molar-refractivity contribution in [3.05, 3.63) is 59.9 Å². The highest BCUT2D eigenvalue weighted by Crippen LogP contribution is 2.28. The number of nitrogens with one attached hydrogen (secondary N) is 2. The summed E-state index contributed by atoms with van der Waals surface area (Å²) >= 11 is 0. The Balaban J connectivity index is 0.000000188. The molecule has 0 saturated heterocycles. The van der Waals surface area contributed by atoms with Gasteiger partial charge in [-0.1, -0.05) is 6.42 Å². The van der Waals surface area contributed by atoms with Gasteiger partial charge < -0.3 is 15.4 Å². The van der Waals surface area contributed by atoms with Crippen molar-refractivity contribution in [2.45, 2.75) is 31.5 Å². The Hall–Kier alpha value is -3.01. The first kappa shape index (κ1) is 23.6. The number of alkyl halides is 3. The SMILES string of the molecule is Fc1ccc(-c2cc3cc(F)cc(F)c3[nH]2)cc1.O=C(NC(CO)C(F)(F)F)C1CCC1. The van der Waals surface area contributed by atoms with Crippen molar-refractivity contribution in [2.75, 3.05) is 6.61 Å². The lowest BCUT2D eigenvalue weighted by Crippen LogP contribution is -2.50. The number of aliphatic hydroxyl groups excluding tert-OH is 1. The van der Waals surface area contributed by atoms with Gasteiger partial charge in [0.15, 0.2) is 0 Å². The van der Waals surface area contributed by atoms with Gasteiger partial charge in [0.2, 0.25) is 5.91 Å². The molecule has 0 spiro atoms. The maximum absolute atomic E-state index is 13.5. The molecule has 1 aliphatic rings. The molecule has 1 atom stereocenters. The van der Waals surface area contributed by atoms with E-state index in [9.17, 15) is 31.1 Å². The van der Waals surface area contributed by atoms with Crippen molar-refractivity contribution in [1.82, 2.24) is 10.3 Å². The maximum atomic E-state index is 13.5. The summed E-state index contributed by atoms with van der Waals surface area (Å²) < 4.78 is 75.6. The minimum atomic E-state index is -4.58. The van der Waals surface area contributed by atoms with E-state index in [-0.39, 0.29) is 17.3 Å². The quantitative estimate of drug-likeness (QED) is 0.478. The number of H-pyrrole nitrogens is 1.